The quantitative estimate of drug-likeness (QED) is 0.655. The molecule has 2 aromatic rings. The zero-order chi connectivity index (χ0) is 13.0. The van der Waals surface area contributed by atoms with Gasteiger partial charge in [-0.2, -0.15) is 0 Å². The maximum atomic E-state index is 11.3. The standard InChI is InChI=1S/C16H14O2/c1-12-6-5-9-14(10-12)15(16(17)18)11-13-7-3-2-4-8-13/h2-11H,1H3,(H,17,18)/b15-11-. The molecule has 0 saturated heterocycles. The van der Waals surface area contributed by atoms with E-state index in [0.717, 1.165) is 16.7 Å². The van der Waals surface area contributed by atoms with E-state index in [2.05, 4.69) is 0 Å². The highest BCUT2D eigenvalue weighted by molar-refractivity contribution is 6.20. The van der Waals surface area contributed by atoms with Crippen molar-refractivity contribution in [3.63, 3.8) is 0 Å². The first kappa shape index (κ1) is 12.1. The molecule has 0 aliphatic rings. The predicted octanol–water partition coefficient (Wildman–Crippen LogP) is 3.62. The lowest BCUT2D eigenvalue weighted by molar-refractivity contribution is -0.130. The molecule has 0 bridgehead atoms. The second kappa shape index (κ2) is 5.32. The highest BCUT2D eigenvalue weighted by atomic mass is 16.4. The molecule has 0 fully saturated rings. The summed E-state index contributed by atoms with van der Waals surface area (Å²) < 4.78 is 0. The summed E-state index contributed by atoms with van der Waals surface area (Å²) >= 11 is 0. The van der Waals surface area contributed by atoms with Crippen molar-refractivity contribution in [1.29, 1.82) is 0 Å². The molecule has 0 aliphatic carbocycles. The molecule has 0 atom stereocenters. The Balaban J connectivity index is 2.47. The number of hydrogen-bond acceptors (Lipinski definition) is 1. The molecule has 2 heteroatoms. The minimum atomic E-state index is -0.913. The van der Waals surface area contributed by atoms with E-state index in [-0.39, 0.29) is 0 Å². The Bertz CT molecular complexity index is 583. The molecule has 2 rings (SSSR count). The van der Waals surface area contributed by atoms with E-state index in [0.29, 0.717) is 5.57 Å². The molecule has 0 amide bonds. The van der Waals surface area contributed by atoms with Gasteiger partial charge in [0.05, 0.1) is 5.57 Å². The third-order valence-electron chi connectivity index (χ3n) is 2.67. The van der Waals surface area contributed by atoms with Crippen molar-refractivity contribution in [1.82, 2.24) is 0 Å². The lowest BCUT2D eigenvalue weighted by atomic mass is 10.0. The van der Waals surface area contributed by atoms with Crippen molar-refractivity contribution in [3.05, 3.63) is 71.3 Å². The first-order valence-electron chi connectivity index (χ1n) is 5.74. The van der Waals surface area contributed by atoms with E-state index in [1.807, 2.05) is 61.5 Å². The lowest BCUT2D eigenvalue weighted by Gasteiger charge is -2.04. The summed E-state index contributed by atoms with van der Waals surface area (Å²) in [6.45, 7) is 1.95. The predicted molar refractivity (Wildman–Crippen MR) is 73.1 cm³/mol. The number of carboxylic acid groups (broad SMARTS) is 1. The molecule has 0 saturated carbocycles. The van der Waals surface area contributed by atoms with Gasteiger partial charge >= 0.3 is 5.97 Å². The van der Waals surface area contributed by atoms with Crippen LogP contribution in [0.25, 0.3) is 11.6 Å². The van der Waals surface area contributed by atoms with Gasteiger partial charge in [-0.25, -0.2) is 4.79 Å². The van der Waals surface area contributed by atoms with Crippen LogP contribution in [0.4, 0.5) is 0 Å². The third kappa shape index (κ3) is 2.86. The van der Waals surface area contributed by atoms with Crippen molar-refractivity contribution in [2.75, 3.05) is 0 Å². The zero-order valence-electron chi connectivity index (χ0n) is 10.1. The first-order chi connectivity index (χ1) is 8.66. The molecular formula is C16H14O2. The minimum absolute atomic E-state index is 0.310. The molecule has 18 heavy (non-hydrogen) atoms. The molecule has 90 valence electrons. The van der Waals surface area contributed by atoms with E-state index in [4.69, 9.17) is 0 Å². The fourth-order valence-electron chi connectivity index (χ4n) is 1.80. The van der Waals surface area contributed by atoms with Gasteiger partial charge in [-0.3, -0.25) is 0 Å². The van der Waals surface area contributed by atoms with Crippen molar-refractivity contribution in [2.45, 2.75) is 6.92 Å². The van der Waals surface area contributed by atoms with Crippen LogP contribution in [0.1, 0.15) is 16.7 Å². The highest BCUT2D eigenvalue weighted by Gasteiger charge is 2.10. The summed E-state index contributed by atoms with van der Waals surface area (Å²) in [4.78, 5) is 11.3. The van der Waals surface area contributed by atoms with Crippen LogP contribution in [-0.4, -0.2) is 11.1 Å². The van der Waals surface area contributed by atoms with E-state index in [9.17, 15) is 9.90 Å². The smallest absolute Gasteiger partial charge is 0.336 e. The van der Waals surface area contributed by atoms with Crippen molar-refractivity contribution >= 4 is 17.6 Å². The van der Waals surface area contributed by atoms with Gasteiger partial charge in [0.2, 0.25) is 0 Å². The fourth-order valence-corrected chi connectivity index (χ4v) is 1.80. The van der Waals surface area contributed by atoms with Crippen molar-refractivity contribution in [3.8, 4) is 0 Å². The summed E-state index contributed by atoms with van der Waals surface area (Å²) in [6, 6.07) is 17.0. The van der Waals surface area contributed by atoms with Crippen LogP contribution in [0, 0.1) is 6.92 Å². The van der Waals surface area contributed by atoms with Gasteiger partial charge in [-0.05, 0) is 24.1 Å². The molecule has 0 spiro atoms. The fraction of sp³-hybridized carbons (Fsp3) is 0.0625. The number of aryl methyl sites for hydroxylation is 1. The van der Waals surface area contributed by atoms with E-state index in [1.165, 1.54) is 0 Å². The monoisotopic (exact) mass is 238 g/mol. The van der Waals surface area contributed by atoms with Gasteiger partial charge in [-0.1, -0.05) is 60.2 Å². The molecule has 1 N–H and O–H groups in total. The van der Waals surface area contributed by atoms with E-state index < -0.39 is 5.97 Å². The zero-order valence-corrected chi connectivity index (χ0v) is 10.1. The maximum absolute atomic E-state index is 11.3. The maximum Gasteiger partial charge on any atom is 0.336 e. The van der Waals surface area contributed by atoms with Gasteiger partial charge in [0.15, 0.2) is 0 Å². The Morgan fingerprint density at radius 3 is 2.39 bits per heavy atom. The topological polar surface area (TPSA) is 37.3 Å². The van der Waals surface area contributed by atoms with Gasteiger partial charge in [0.25, 0.3) is 0 Å². The van der Waals surface area contributed by atoms with Crippen LogP contribution < -0.4 is 0 Å². The Morgan fingerprint density at radius 1 is 1.06 bits per heavy atom. The average Bonchev–Trinajstić information content (AvgIpc) is 2.37. The van der Waals surface area contributed by atoms with Gasteiger partial charge in [0, 0.05) is 0 Å². The second-order valence-corrected chi connectivity index (χ2v) is 4.14. The molecule has 0 radical (unpaired) electrons. The van der Waals surface area contributed by atoms with Gasteiger partial charge in [0.1, 0.15) is 0 Å². The Labute approximate surface area is 106 Å². The van der Waals surface area contributed by atoms with Crippen LogP contribution in [0.5, 0.6) is 0 Å². The van der Waals surface area contributed by atoms with Crippen LogP contribution >= 0.6 is 0 Å². The van der Waals surface area contributed by atoms with Crippen LogP contribution in [-0.2, 0) is 4.79 Å². The van der Waals surface area contributed by atoms with Crippen LogP contribution in [0.3, 0.4) is 0 Å². The number of aliphatic carboxylic acids is 1. The number of carboxylic acids is 1. The first-order valence-corrected chi connectivity index (χ1v) is 5.74. The molecule has 0 aliphatic heterocycles. The highest BCUT2D eigenvalue weighted by Crippen LogP contribution is 2.19. The Hall–Kier alpha value is -2.35. The number of hydrogen-bond donors (Lipinski definition) is 1. The SMILES string of the molecule is Cc1cccc(/C(=C/c2ccccc2)C(=O)O)c1. The summed E-state index contributed by atoms with van der Waals surface area (Å²) in [5.74, 6) is -0.913. The summed E-state index contributed by atoms with van der Waals surface area (Å²) in [5.41, 5.74) is 2.97. The van der Waals surface area contributed by atoms with E-state index in [1.54, 1.807) is 6.08 Å². The summed E-state index contributed by atoms with van der Waals surface area (Å²) in [7, 11) is 0. The molecular weight excluding hydrogens is 224 g/mol. The number of benzene rings is 2. The minimum Gasteiger partial charge on any atom is -0.478 e. The van der Waals surface area contributed by atoms with Crippen molar-refractivity contribution < 1.29 is 9.90 Å². The summed E-state index contributed by atoms with van der Waals surface area (Å²) in [6.07, 6.45) is 1.69. The third-order valence-corrected chi connectivity index (χ3v) is 2.67. The number of rotatable bonds is 3. The summed E-state index contributed by atoms with van der Waals surface area (Å²) in [5, 5.41) is 9.31. The van der Waals surface area contributed by atoms with Crippen LogP contribution in [0.15, 0.2) is 54.6 Å². The lowest BCUT2D eigenvalue weighted by Crippen LogP contribution is -1.99. The van der Waals surface area contributed by atoms with Crippen LogP contribution in [0.2, 0.25) is 0 Å². The number of carbonyl (C=O) groups is 1. The average molecular weight is 238 g/mol. The van der Waals surface area contributed by atoms with E-state index >= 15 is 0 Å². The molecule has 2 nitrogen and oxygen atoms in total. The van der Waals surface area contributed by atoms with Crippen molar-refractivity contribution in [2.24, 2.45) is 0 Å². The molecule has 0 aromatic heterocycles. The Morgan fingerprint density at radius 2 is 1.78 bits per heavy atom. The molecule has 0 heterocycles. The molecule has 0 unspecified atom stereocenters. The second-order valence-electron chi connectivity index (χ2n) is 4.14. The van der Waals surface area contributed by atoms with Gasteiger partial charge in [-0.15, -0.1) is 0 Å². The molecule has 2 aromatic carbocycles. The Kier molecular flexibility index (Phi) is 3.58. The normalized spacial score (nSPS) is 11.3. The largest absolute Gasteiger partial charge is 0.478 e. The van der Waals surface area contributed by atoms with Gasteiger partial charge < -0.3 is 5.11 Å².